The molecule has 2 aromatic heterocycles. The molecular weight excluding hydrogens is 358 g/mol. The molecule has 4 rings (SSSR count). The molecule has 8 nitrogen and oxygen atoms in total. The van der Waals surface area contributed by atoms with E-state index in [1.165, 1.54) is 0 Å². The third kappa shape index (κ3) is 4.27. The average Bonchev–Trinajstić information content (AvgIpc) is 3.33. The smallest absolute Gasteiger partial charge is 0.231 e. The van der Waals surface area contributed by atoms with Crippen molar-refractivity contribution in [1.29, 1.82) is 0 Å². The lowest BCUT2D eigenvalue weighted by atomic mass is 9.97. The molecule has 28 heavy (non-hydrogen) atoms. The lowest BCUT2D eigenvalue weighted by molar-refractivity contribution is -0.132. The molecular formula is C20H29N5O3. The van der Waals surface area contributed by atoms with Gasteiger partial charge in [0.2, 0.25) is 11.8 Å². The van der Waals surface area contributed by atoms with Crippen LogP contribution in [0.25, 0.3) is 0 Å². The van der Waals surface area contributed by atoms with E-state index in [-0.39, 0.29) is 11.8 Å². The van der Waals surface area contributed by atoms with Crippen molar-refractivity contribution in [3.63, 3.8) is 0 Å². The SMILES string of the molecule is Cc1cc(C)n(CCC(=O)N2CCCC(c3nc(C4CCOCC4)no3)C2)n1. The van der Waals surface area contributed by atoms with Crippen molar-refractivity contribution in [2.45, 2.75) is 64.3 Å². The highest BCUT2D eigenvalue weighted by atomic mass is 16.5. The van der Waals surface area contributed by atoms with Crippen LogP contribution in [-0.4, -0.2) is 57.0 Å². The summed E-state index contributed by atoms with van der Waals surface area (Å²) < 4.78 is 12.9. The number of likely N-dealkylation sites (tertiary alicyclic amines) is 1. The molecule has 2 aromatic rings. The summed E-state index contributed by atoms with van der Waals surface area (Å²) in [4.78, 5) is 19.3. The van der Waals surface area contributed by atoms with Gasteiger partial charge in [0.05, 0.1) is 11.6 Å². The molecule has 2 saturated heterocycles. The van der Waals surface area contributed by atoms with Crippen LogP contribution in [0.15, 0.2) is 10.6 Å². The molecule has 0 aliphatic carbocycles. The number of hydrogen-bond donors (Lipinski definition) is 0. The fraction of sp³-hybridized carbons (Fsp3) is 0.700. The molecule has 1 amide bonds. The van der Waals surface area contributed by atoms with Gasteiger partial charge in [0, 0.05) is 50.9 Å². The number of aryl methyl sites for hydroxylation is 3. The van der Waals surface area contributed by atoms with Crippen LogP contribution in [0, 0.1) is 13.8 Å². The van der Waals surface area contributed by atoms with Crippen LogP contribution in [0.2, 0.25) is 0 Å². The molecule has 0 spiro atoms. The Morgan fingerprint density at radius 2 is 2.04 bits per heavy atom. The molecule has 0 aromatic carbocycles. The number of aromatic nitrogens is 4. The quantitative estimate of drug-likeness (QED) is 0.784. The maximum Gasteiger partial charge on any atom is 0.231 e. The van der Waals surface area contributed by atoms with E-state index in [0.717, 1.165) is 62.7 Å². The molecule has 0 saturated carbocycles. The molecule has 1 unspecified atom stereocenters. The van der Waals surface area contributed by atoms with E-state index in [1.54, 1.807) is 0 Å². The molecule has 2 fully saturated rings. The summed E-state index contributed by atoms with van der Waals surface area (Å²) in [7, 11) is 0. The minimum atomic E-state index is 0.132. The molecule has 0 N–H and O–H groups in total. The summed E-state index contributed by atoms with van der Waals surface area (Å²) in [6.45, 7) is 7.59. The molecule has 0 radical (unpaired) electrons. The second-order valence-corrected chi connectivity index (χ2v) is 7.96. The van der Waals surface area contributed by atoms with E-state index in [0.29, 0.717) is 31.3 Å². The Balaban J connectivity index is 1.34. The zero-order valence-corrected chi connectivity index (χ0v) is 16.8. The number of amides is 1. The fourth-order valence-electron chi connectivity index (χ4n) is 4.20. The first-order chi connectivity index (χ1) is 13.6. The van der Waals surface area contributed by atoms with Crippen molar-refractivity contribution in [2.75, 3.05) is 26.3 Å². The van der Waals surface area contributed by atoms with E-state index in [9.17, 15) is 4.79 Å². The second kappa shape index (κ2) is 8.43. The first-order valence-electron chi connectivity index (χ1n) is 10.3. The topological polar surface area (TPSA) is 86.3 Å². The van der Waals surface area contributed by atoms with E-state index in [2.05, 4.69) is 15.2 Å². The number of hydrogen-bond acceptors (Lipinski definition) is 6. The highest BCUT2D eigenvalue weighted by Gasteiger charge is 2.30. The maximum atomic E-state index is 12.7. The van der Waals surface area contributed by atoms with Crippen LogP contribution in [0.1, 0.15) is 67.0 Å². The molecule has 8 heteroatoms. The summed E-state index contributed by atoms with van der Waals surface area (Å²) in [5.74, 6) is 2.10. The van der Waals surface area contributed by atoms with Crippen LogP contribution in [0.4, 0.5) is 0 Å². The van der Waals surface area contributed by atoms with E-state index >= 15 is 0 Å². The Hall–Kier alpha value is -2.22. The minimum absolute atomic E-state index is 0.132. The highest BCUT2D eigenvalue weighted by Crippen LogP contribution is 2.29. The predicted molar refractivity (Wildman–Crippen MR) is 102 cm³/mol. The van der Waals surface area contributed by atoms with Crippen molar-refractivity contribution < 1.29 is 14.1 Å². The normalized spacial score (nSPS) is 21.2. The second-order valence-electron chi connectivity index (χ2n) is 7.96. The maximum absolute atomic E-state index is 12.7. The molecule has 152 valence electrons. The number of rotatable bonds is 5. The monoisotopic (exact) mass is 387 g/mol. The first kappa shape index (κ1) is 19.1. The van der Waals surface area contributed by atoms with Gasteiger partial charge in [0.1, 0.15) is 0 Å². The molecule has 2 aliphatic rings. The molecule has 2 aliphatic heterocycles. The standard InChI is InChI=1S/C20H29N5O3/c1-14-12-15(2)25(22-14)9-5-18(26)24-8-3-4-17(13-24)20-21-19(23-28-20)16-6-10-27-11-7-16/h12,16-17H,3-11,13H2,1-2H3. The average molecular weight is 387 g/mol. The summed E-state index contributed by atoms with van der Waals surface area (Å²) in [5, 5.41) is 8.66. The van der Waals surface area contributed by atoms with Gasteiger partial charge in [-0.2, -0.15) is 10.1 Å². The lowest BCUT2D eigenvalue weighted by Crippen LogP contribution is -2.39. The minimum Gasteiger partial charge on any atom is -0.381 e. The summed E-state index contributed by atoms with van der Waals surface area (Å²) in [5.41, 5.74) is 2.08. The van der Waals surface area contributed by atoms with Crippen LogP contribution in [-0.2, 0) is 16.1 Å². The summed E-state index contributed by atoms with van der Waals surface area (Å²) in [6, 6.07) is 2.03. The van der Waals surface area contributed by atoms with Crippen LogP contribution >= 0.6 is 0 Å². The van der Waals surface area contributed by atoms with Crippen LogP contribution in [0.5, 0.6) is 0 Å². The number of carbonyl (C=O) groups excluding carboxylic acids is 1. The zero-order chi connectivity index (χ0) is 19.5. The third-order valence-electron chi connectivity index (χ3n) is 5.81. The van der Waals surface area contributed by atoms with Gasteiger partial charge in [-0.1, -0.05) is 5.16 Å². The van der Waals surface area contributed by atoms with Gasteiger partial charge >= 0.3 is 0 Å². The van der Waals surface area contributed by atoms with E-state index < -0.39 is 0 Å². The van der Waals surface area contributed by atoms with E-state index in [4.69, 9.17) is 9.26 Å². The Morgan fingerprint density at radius 3 is 2.79 bits per heavy atom. The van der Waals surface area contributed by atoms with Gasteiger partial charge in [-0.25, -0.2) is 0 Å². The number of nitrogens with zero attached hydrogens (tertiary/aromatic N) is 5. The zero-order valence-electron chi connectivity index (χ0n) is 16.8. The van der Waals surface area contributed by atoms with Crippen LogP contribution in [0.3, 0.4) is 0 Å². The number of ether oxygens (including phenoxy) is 1. The Kier molecular flexibility index (Phi) is 5.75. The Labute approximate surface area is 165 Å². The van der Waals surface area contributed by atoms with Crippen molar-refractivity contribution in [3.8, 4) is 0 Å². The fourth-order valence-corrected chi connectivity index (χ4v) is 4.20. The largest absolute Gasteiger partial charge is 0.381 e. The lowest BCUT2D eigenvalue weighted by Gasteiger charge is -2.31. The van der Waals surface area contributed by atoms with Gasteiger partial charge in [-0.05, 0) is 45.6 Å². The van der Waals surface area contributed by atoms with Gasteiger partial charge in [-0.3, -0.25) is 9.48 Å². The first-order valence-corrected chi connectivity index (χ1v) is 10.3. The van der Waals surface area contributed by atoms with Crippen molar-refractivity contribution >= 4 is 5.91 Å². The van der Waals surface area contributed by atoms with Gasteiger partial charge in [0.25, 0.3) is 0 Å². The summed E-state index contributed by atoms with van der Waals surface area (Å²) >= 11 is 0. The van der Waals surface area contributed by atoms with E-state index in [1.807, 2.05) is 29.5 Å². The van der Waals surface area contributed by atoms with Crippen molar-refractivity contribution in [1.82, 2.24) is 24.8 Å². The van der Waals surface area contributed by atoms with Crippen LogP contribution < -0.4 is 0 Å². The Morgan fingerprint density at radius 1 is 1.21 bits per heavy atom. The van der Waals surface area contributed by atoms with Gasteiger partial charge < -0.3 is 14.2 Å². The Bertz CT molecular complexity index is 809. The third-order valence-corrected chi connectivity index (χ3v) is 5.81. The van der Waals surface area contributed by atoms with Gasteiger partial charge in [-0.15, -0.1) is 0 Å². The number of piperidine rings is 1. The number of carbonyl (C=O) groups is 1. The molecule has 4 heterocycles. The van der Waals surface area contributed by atoms with Crippen molar-refractivity contribution in [3.05, 3.63) is 29.2 Å². The molecule has 1 atom stereocenters. The summed E-state index contributed by atoms with van der Waals surface area (Å²) in [6.07, 6.45) is 4.30. The van der Waals surface area contributed by atoms with Crippen molar-refractivity contribution in [2.24, 2.45) is 0 Å². The predicted octanol–water partition coefficient (Wildman–Crippen LogP) is 2.57. The highest BCUT2D eigenvalue weighted by molar-refractivity contribution is 5.76. The van der Waals surface area contributed by atoms with Gasteiger partial charge in [0.15, 0.2) is 5.82 Å². The molecule has 0 bridgehead atoms.